The molecule has 0 bridgehead atoms. The molecule has 0 aliphatic carbocycles. The minimum atomic E-state index is -0.0622. The number of nitrogens with one attached hydrogen (secondary N) is 1. The number of thioether (sulfide) groups is 1. The first-order valence-corrected chi connectivity index (χ1v) is 9.49. The molecule has 122 valence electrons. The van der Waals surface area contributed by atoms with E-state index < -0.39 is 0 Å². The highest BCUT2D eigenvalue weighted by molar-refractivity contribution is 7.99. The number of benzene rings is 1. The minimum Gasteiger partial charge on any atom is -0.302 e. The molecule has 0 aliphatic heterocycles. The summed E-state index contributed by atoms with van der Waals surface area (Å²) in [4.78, 5) is 22.1. The van der Waals surface area contributed by atoms with E-state index >= 15 is 0 Å². The average Bonchev–Trinajstić information content (AvgIpc) is 3.06. The number of hydrogen-bond acceptors (Lipinski definition) is 5. The van der Waals surface area contributed by atoms with Gasteiger partial charge in [-0.3, -0.25) is 9.78 Å². The van der Waals surface area contributed by atoms with Crippen molar-refractivity contribution < 1.29 is 4.79 Å². The molecular weight excluding hydrogens is 338 g/mol. The maximum Gasteiger partial charge on any atom is 0.230 e. The van der Waals surface area contributed by atoms with E-state index in [9.17, 15) is 4.79 Å². The van der Waals surface area contributed by atoms with Crippen LogP contribution in [-0.4, -0.2) is 21.6 Å². The van der Waals surface area contributed by atoms with E-state index in [1.165, 1.54) is 16.2 Å². The van der Waals surface area contributed by atoms with Crippen LogP contribution in [0.25, 0.3) is 11.4 Å². The number of pyridine rings is 1. The first kappa shape index (κ1) is 16.7. The Labute approximate surface area is 149 Å². The number of aromatic nitrogens is 2. The van der Waals surface area contributed by atoms with Gasteiger partial charge in [0, 0.05) is 16.5 Å². The molecule has 24 heavy (non-hydrogen) atoms. The lowest BCUT2D eigenvalue weighted by molar-refractivity contribution is -0.115. The molecule has 3 rings (SSSR count). The van der Waals surface area contributed by atoms with Crippen molar-refractivity contribution in [2.24, 2.45) is 0 Å². The summed E-state index contributed by atoms with van der Waals surface area (Å²) in [6, 6.07) is 13.8. The van der Waals surface area contributed by atoms with Crippen molar-refractivity contribution in [1.29, 1.82) is 0 Å². The van der Waals surface area contributed by atoms with Gasteiger partial charge in [-0.25, -0.2) is 4.98 Å². The molecule has 0 spiro atoms. The maximum atomic E-state index is 12.2. The van der Waals surface area contributed by atoms with Crippen molar-refractivity contribution in [3.63, 3.8) is 0 Å². The molecule has 1 N–H and O–H groups in total. The van der Waals surface area contributed by atoms with E-state index in [1.807, 2.05) is 35.7 Å². The molecule has 2 aromatic heterocycles. The summed E-state index contributed by atoms with van der Waals surface area (Å²) in [6.07, 6.45) is 2.07. The van der Waals surface area contributed by atoms with Crippen LogP contribution in [0.5, 0.6) is 0 Å². The van der Waals surface area contributed by atoms with Crippen LogP contribution in [0.3, 0.4) is 0 Å². The molecule has 1 aromatic carbocycles. The fourth-order valence-electron chi connectivity index (χ4n) is 2.18. The molecule has 0 saturated carbocycles. The Kier molecular flexibility index (Phi) is 5.61. The summed E-state index contributed by atoms with van der Waals surface area (Å²) in [5, 5.41) is 5.35. The summed E-state index contributed by atoms with van der Waals surface area (Å²) < 4.78 is 0. The zero-order chi connectivity index (χ0) is 16.8. The lowest BCUT2D eigenvalue weighted by atomic mass is 10.1. The standard InChI is InChI=1S/C18H17N3OS2/c1-2-23-14-8-6-13(7-9-14)11-17(22)21-18-20-16(12-24-18)15-5-3-4-10-19-15/h3-10,12H,2,11H2,1H3,(H,20,21,22). The number of nitrogens with zero attached hydrogens (tertiary/aromatic N) is 2. The molecule has 0 aliphatic rings. The third kappa shape index (κ3) is 4.43. The Bertz CT molecular complexity index is 801. The van der Waals surface area contributed by atoms with E-state index in [0.29, 0.717) is 11.6 Å². The number of rotatable bonds is 6. The Morgan fingerprint density at radius 1 is 1.17 bits per heavy atom. The van der Waals surface area contributed by atoms with Gasteiger partial charge < -0.3 is 5.32 Å². The predicted molar refractivity (Wildman–Crippen MR) is 101 cm³/mol. The zero-order valence-electron chi connectivity index (χ0n) is 13.2. The fourth-order valence-corrected chi connectivity index (χ4v) is 3.56. The molecule has 1 amide bonds. The van der Waals surface area contributed by atoms with Crippen molar-refractivity contribution in [2.45, 2.75) is 18.2 Å². The monoisotopic (exact) mass is 355 g/mol. The third-order valence-electron chi connectivity index (χ3n) is 3.28. The van der Waals surface area contributed by atoms with Crippen LogP contribution < -0.4 is 5.32 Å². The van der Waals surface area contributed by atoms with Gasteiger partial charge in [0.1, 0.15) is 5.69 Å². The second kappa shape index (κ2) is 8.08. The SMILES string of the molecule is CCSc1ccc(CC(=O)Nc2nc(-c3ccccn3)cs2)cc1. The van der Waals surface area contributed by atoms with Gasteiger partial charge in [0.15, 0.2) is 5.13 Å². The number of carbonyl (C=O) groups is 1. The van der Waals surface area contributed by atoms with Crippen molar-refractivity contribution in [3.8, 4) is 11.4 Å². The maximum absolute atomic E-state index is 12.2. The molecule has 0 unspecified atom stereocenters. The number of anilines is 1. The van der Waals surface area contributed by atoms with Gasteiger partial charge in [-0.1, -0.05) is 25.1 Å². The van der Waals surface area contributed by atoms with Crippen LogP contribution in [-0.2, 0) is 11.2 Å². The van der Waals surface area contributed by atoms with Crippen LogP contribution in [0.15, 0.2) is 58.9 Å². The highest BCUT2D eigenvalue weighted by Crippen LogP contribution is 2.23. The molecule has 3 aromatic rings. The number of thiazole rings is 1. The largest absolute Gasteiger partial charge is 0.302 e. The lowest BCUT2D eigenvalue weighted by Gasteiger charge is -2.03. The lowest BCUT2D eigenvalue weighted by Crippen LogP contribution is -2.14. The van der Waals surface area contributed by atoms with Crippen LogP contribution >= 0.6 is 23.1 Å². The van der Waals surface area contributed by atoms with Gasteiger partial charge in [-0.2, -0.15) is 0 Å². The van der Waals surface area contributed by atoms with Crippen molar-refractivity contribution in [3.05, 3.63) is 59.6 Å². The second-order valence-electron chi connectivity index (χ2n) is 5.05. The second-order valence-corrected chi connectivity index (χ2v) is 7.25. The molecule has 4 nitrogen and oxygen atoms in total. The highest BCUT2D eigenvalue weighted by atomic mass is 32.2. The van der Waals surface area contributed by atoms with Gasteiger partial charge in [-0.05, 0) is 35.6 Å². The number of hydrogen-bond donors (Lipinski definition) is 1. The fraction of sp³-hybridized carbons (Fsp3) is 0.167. The first-order chi connectivity index (χ1) is 11.7. The van der Waals surface area contributed by atoms with Gasteiger partial charge >= 0.3 is 0 Å². The topological polar surface area (TPSA) is 54.9 Å². The summed E-state index contributed by atoms with van der Waals surface area (Å²) in [6.45, 7) is 2.12. The van der Waals surface area contributed by atoms with Gasteiger partial charge in [-0.15, -0.1) is 23.1 Å². The van der Waals surface area contributed by atoms with Gasteiger partial charge in [0.05, 0.1) is 12.1 Å². The summed E-state index contributed by atoms with van der Waals surface area (Å²) in [7, 11) is 0. The third-order valence-corrected chi connectivity index (χ3v) is 4.93. The summed E-state index contributed by atoms with van der Waals surface area (Å²) in [5.41, 5.74) is 2.57. The van der Waals surface area contributed by atoms with Crippen LogP contribution in [0.4, 0.5) is 5.13 Å². The highest BCUT2D eigenvalue weighted by Gasteiger charge is 2.09. The predicted octanol–water partition coefficient (Wildman–Crippen LogP) is 4.50. The normalized spacial score (nSPS) is 10.5. The van der Waals surface area contributed by atoms with Crippen LogP contribution in [0.2, 0.25) is 0 Å². The molecule has 0 radical (unpaired) electrons. The molecule has 0 fully saturated rings. The summed E-state index contributed by atoms with van der Waals surface area (Å²) >= 11 is 3.20. The van der Waals surface area contributed by atoms with E-state index in [-0.39, 0.29) is 5.91 Å². The van der Waals surface area contributed by atoms with Crippen molar-refractivity contribution in [2.75, 3.05) is 11.1 Å². The molecular formula is C18H17N3OS2. The minimum absolute atomic E-state index is 0.0622. The molecule has 0 saturated heterocycles. The van der Waals surface area contributed by atoms with Gasteiger partial charge in [0.25, 0.3) is 0 Å². The van der Waals surface area contributed by atoms with Gasteiger partial charge in [0.2, 0.25) is 5.91 Å². The van der Waals surface area contributed by atoms with Crippen molar-refractivity contribution >= 4 is 34.1 Å². The molecule has 0 atom stereocenters. The van der Waals surface area contributed by atoms with E-state index in [0.717, 1.165) is 22.7 Å². The Balaban J connectivity index is 1.60. The molecule has 6 heteroatoms. The van der Waals surface area contributed by atoms with Crippen molar-refractivity contribution in [1.82, 2.24) is 9.97 Å². The number of amides is 1. The van der Waals surface area contributed by atoms with E-state index in [2.05, 4.69) is 34.3 Å². The Hall–Kier alpha value is -2.18. The Morgan fingerprint density at radius 3 is 2.71 bits per heavy atom. The molecule has 2 heterocycles. The number of carbonyl (C=O) groups excluding carboxylic acids is 1. The van der Waals surface area contributed by atoms with Crippen LogP contribution in [0.1, 0.15) is 12.5 Å². The quantitative estimate of drug-likeness (QED) is 0.662. The smallest absolute Gasteiger partial charge is 0.230 e. The zero-order valence-corrected chi connectivity index (χ0v) is 14.9. The average molecular weight is 355 g/mol. The van der Waals surface area contributed by atoms with Crippen LogP contribution in [0, 0.1) is 0 Å². The van der Waals surface area contributed by atoms with E-state index in [4.69, 9.17) is 0 Å². The Morgan fingerprint density at radius 2 is 2.00 bits per heavy atom. The first-order valence-electron chi connectivity index (χ1n) is 7.63. The van der Waals surface area contributed by atoms with E-state index in [1.54, 1.807) is 18.0 Å². The summed E-state index contributed by atoms with van der Waals surface area (Å²) in [5.74, 6) is 0.982.